The molecular weight excluding hydrogens is 224 g/mol. The van der Waals surface area contributed by atoms with Gasteiger partial charge in [-0.3, -0.25) is 4.79 Å². The van der Waals surface area contributed by atoms with Crippen molar-refractivity contribution in [3.63, 3.8) is 0 Å². The van der Waals surface area contributed by atoms with Crippen molar-refractivity contribution in [3.8, 4) is 0 Å². The molecule has 0 aliphatic carbocycles. The topological polar surface area (TPSA) is 26.3 Å². The van der Waals surface area contributed by atoms with E-state index in [1.807, 2.05) is 20.8 Å². The van der Waals surface area contributed by atoms with Gasteiger partial charge in [0.2, 0.25) is 0 Å². The van der Waals surface area contributed by atoms with Gasteiger partial charge in [0.25, 0.3) is 0 Å². The van der Waals surface area contributed by atoms with Crippen LogP contribution in [0.4, 0.5) is 0 Å². The summed E-state index contributed by atoms with van der Waals surface area (Å²) in [7, 11) is 0. The van der Waals surface area contributed by atoms with E-state index in [1.165, 1.54) is 11.1 Å². The van der Waals surface area contributed by atoms with Gasteiger partial charge >= 0.3 is 5.97 Å². The van der Waals surface area contributed by atoms with Crippen LogP contribution in [-0.4, -0.2) is 12.6 Å². The quantitative estimate of drug-likeness (QED) is 0.709. The lowest BCUT2D eigenvalue weighted by atomic mass is 10.0. The lowest BCUT2D eigenvalue weighted by Gasteiger charge is -2.04. The Labute approximate surface area is 111 Å². The summed E-state index contributed by atoms with van der Waals surface area (Å²) in [5.74, 6) is -0.0888. The first-order valence-corrected chi connectivity index (χ1v) is 6.99. The number of ether oxygens (including phenoxy) is 1. The molecule has 2 heteroatoms. The Bertz CT molecular complexity index is 332. The number of hydrogen-bond donors (Lipinski definition) is 0. The second-order valence-electron chi connectivity index (χ2n) is 3.83. The molecule has 0 saturated carbocycles. The van der Waals surface area contributed by atoms with Crippen molar-refractivity contribution in [3.05, 3.63) is 35.4 Å². The standard InChI is InChI=1S/C14H20O2.C2H6/c1-3-12-7-5-8-13(11-12)9-6-10-14(15)16-4-2;1-2/h5,7-8,11H,3-4,6,9-10H2,1-2H3;1-2H3. The Morgan fingerprint density at radius 1 is 1.17 bits per heavy atom. The first-order valence-electron chi connectivity index (χ1n) is 6.99. The highest BCUT2D eigenvalue weighted by Crippen LogP contribution is 2.09. The van der Waals surface area contributed by atoms with E-state index < -0.39 is 0 Å². The maximum Gasteiger partial charge on any atom is 0.305 e. The van der Waals surface area contributed by atoms with E-state index >= 15 is 0 Å². The summed E-state index contributed by atoms with van der Waals surface area (Å²) in [6.45, 7) is 8.46. The van der Waals surface area contributed by atoms with Gasteiger partial charge in [-0.25, -0.2) is 0 Å². The lowest BCUT2D eigenvalue weighted by Crippen LogP contribution is -2.04. The second kappa shape index (κ2) is 10.8. The zero-order chi connectivity index (χ0) is 13.8. The molecule has 0 N–H and O–H groups in total. The molecule has 102 valence electrons. The number of aryl methyl sites for hydroxylation is 2. The van der Waals surface area contributed by atoms with Crippen LogP contribution in [0.25, 0.3) is 0 Å². The van der Waals surface area contributed by atoms with Gasteiger partial charge < -0.3 is 4.74 Å². The number of hydrogen-bond acceptors (Lipinski definition) is 2. The molecule has 0 fully saturated rings. The summed E-state index contributed by atoms with van der Waals surface area (Å²) in [6, 6.07) is 8.54. The summed E-state index contributed by atoms with van der Waals surface area (Å²) in [6.07, 6.45) is 3.40. The van der Waals surface area contributed by atoms with Gasteiger partial charge in [-0.2, -0.15) is 0 Å². The van der Waals surface area contributed by atoms with Crippen molar-refractivity contribution in [2.24, 2.45) is 0 Å². The first kappa shape index (κ1) is 16.7. The molecule has 0 atom stereocenters. The van der Waals surface area contributed by atoms with E-state index in [-0.39, 0.29) is 5.97 Å². The molecule has 1 rings (SSSR count). The van der Waals surface area contributed by atoms with Gasteiger partial charge in [-0.05, 0) is 37.3 Å². The lowest BCUT2D eigenvalue weighted by molar-refractivity contribution is -0.143. The molecule has 0 saturated heterocycles. The van der Waals surface area contributed by atoms with Gasteiger partial charge in [0.1, 0.15) is 0 Å². The van der Waals surface area contributed by atoms with Crippen LogP contribution in [0.5, 0.6) is 0 Å². The minimum atomic E-state index is -0.0888. The molecule has 0 unspecified atom stereocenters. The van der Waals surface area contributed by atoms with Crippen molar-refractivity contribution in [1.82, 2.24) is 0 Å². The molecule has 0 heterocycles. The number of carbonyl (C=O) groups is 1. The van der Waals surface area contributed by atoms with Crippen LogP contribution in [0.3, 0.4) is 0 Å². The van der Waals surface area contributed by atoms with E-state index in [0.717, 1.165) is 19.3 Å². The zero-order valence-corrected chi connectivity index (χ0v) is 12.2. The molecule has 1 aromatic rings. The fourth-order valence-electron chi connectivity index (χ4n) is 1.68. The Balaban J connectivity index is 0.00000137. The number of rotatable bonds is 6. The van der Waals surface area contributed by atoms with E-state index in [4.69, 9.17) is 4.74 Å². The van der Waals surface area contributed by atoms with Gasteiger partial charge in [-0.15, -0.1) is 0 Å². The minimum Gasteiger partial charge on any atom is -0.466 e. The Morgan fingerprint density at radius 3 is 2.44 bits per heavy atom. The maximum atomic E-state index is 11.1. The molecule has 0 radical (unpaired) electrons. The summed E-state index contributed by atoms with van der Waals surface area (Å²) >= 11 is 0. The monoisotopic (exact) mass is 250 g/mol. The molecule has 2 nitrogen and oxygen atoms in total. The van der Waals surface area contributed by atoms with Crippen LogP contribution in [-0.2, 0) is 22.4 Å². The van der Waals surface area contributed by atoms with Gasteiger partial charge in [0.05, 0.1) is 6.61 Å². The fraction of sp³-hybridized carbons (Fsp3) is 0.562. The van der Waals surface area contributed by atoms with Crippen LogP contribution in [0.15, 0.2) is 24.3 Å². The number of esters is 1. The average Bonchev–Trinajstić information content (AvgIpc) is 2.41. The molecule has 0 aliphatic rings. The molecule has 0 amide bonds. The van der Waals surface area contributed by atoms with Crippen molar-refractivity contribution in [1.29, 1.82) is 0 Å². The van der Waals surface area contributed by atoms with Gasteiger partial charge in [-0.1, -0.05) is 45.0 Å². The van der Waals surface area contributed by atoms with E-state index in [0.29, 0.717) is 13.0 Å². The van der Waals surface area contributed by atoms with Crippen LogP contribution in [0.1, 0.15) is 51.7 Å². The summed E-state index contributed by atoms with van der Waals surface area (Å²) in [4.78, 5) is 11.1. The predicted octanol–water partition coefficient (Wildman–Crippen LogP) is 4.16. The first-order chi connectivity index (χ1) is 8.76. The third-order valence-electron chi connectivity index (χ3n) is 2.55. The summed E-state index contributed by atoms with van der Waals surface area (Å²) in [5, 5.41) is 0. The highest BCUT2D eigenvalue weighted by atomic mass is 16.5. The van der Waals surface area contributed by atoms with Crippen LogP contribution in [0, 0.1) is 0 Å². The Morgan fingerprint density at radius 2 is 1.83 bits per heavy atom. The molecular formula is C16H26O2. The van der Waals surface area contributed by atoms with Crippen molar-refractivity contribution >= 4 is 5.97 Å². The average molecular weight is 250 g/mol. The number of benzene rings is 1. The van der Waals surface area contributed by atoms with Crippen LogP contribution >= 0.6 is 0 Å². The molecule has 18 heavy (non-hydrogen) atoms. The summed E-state index contributed by atoms with van der Waals surface area (Å²) < 4.78 is 4.89. The normalized spacial score (nSPS) is 9.33. The fourth-order valence-corrected chi connectivity index (χ4v) is 1.68. The predicted molar refractivity (Wildman–Crippen MR) is 76.7 cm³/mol. The maximum absolute atomic E-state index is 11.1. The highest BCUT2D eigenvalue weighted by Gasteiger charge is 2.01. The minimum absolute atomic E-state index is 0.0888. The summed E-state index contributed by atoms with van der Waals surface area (Å²) in [5.41, 5.74) is 2.66. The van der Waals surface area contributed by atoms with Crippen LogP contribution in [0.2, 0.25) is 0 Å². The van der Waals surface area contributed by atoms with Crippen molar-refractivity contribution < 1.29 is 9.53 Å². The molecule has 1 aromatic carbocycles. The van der Waals surface area contributed by atoms with Crippen molar-refractivity contribution in [2.75, 3.05) is 6.61 Å². The van der Waals surface area contributed by atoms with E-state index in [1.54, 1.807) is 0 Å². The third-order valence-corrected chi connectivity index (χ3v) is 2.55. The van der Waals surface area contributed by atoms with E-state index in [2.05, 4.69) is 31.2 Å². The molecule has 0 aromatic heterocycles. The number of carbonyl (C=O) groups excluding carboxylic acids is 1. The molecule has 0 aliphatic heterocycles. The Kier molecular flexibility index (Phi) is 10.0. The van der Waals surface area contributed by atoms with Gasteiger partial charge in [0, 0.05) is 6.42 Å². The zero-order valence-electron chi connectivity index (χ0n) is 12.2. The third kappa shape index (κ3) is 7.10. The highest BCUT2D eigenvalue weighted by molar-refractivity contribution is 5.69. The Hall–Kier alpha value is -1.31. The largest absolute Gasteiger partial charge is 0.466 e. The smallest absolute Gasteiger partial charge is 0.305 e. The molecule has 0 spiro atoms. The van der Waals surface area contributed by atoms with E-state index in [9.17, 15) is 4.79 Å². The second-order valence-corrected chi connectivity index (χ2v) is 3.83. The SMILES string of the molecule is CC.CCOC(=O)CCCc1cccc(CC)c1. The van der Waals surface area contributed by atoms with Crippen LogP contribution < -0.4 is 0 Å². The molecule has 0 bridgehead atoms. The van der Waals surface area contributed by atoms with Gasteiger partial charge in [0.15, 0.2) is 0 Å². The van der Waals surface area contributed by atoms with Crippen molar-refractivity contribution in [2.45, 2.75) is 53.4 Å².